The zero-order valence-electron chi connectivity index (χ0n) is 21.7. The fourth-order valence-corrected chi connectivity index (χ4v) is 4.95. The first-order valence-electron chi connectivity index (χ1n) is 12.3. The van der Waals surface area contributed by atoms with Crippen LogP contribution in [0.2, 0.25) is 5.02 Å². The van der Waals surface area contributed by atoms with Gasteiger partial charge in [-0.1, -0.05) is 30.7 Å². The van der Waals surface area contributed by atoms with Crippen LogP contribution in [0.5, 0.6) is 5.75 Å². The fourth-order valence-electron chi connectivity index (χ4n) is 4.78. The molecular weight excluding hydrogens is 517 g/mol. The average molecular weight is 549 g/mol. The minimum absolute atomic E-state index is 0. The van der Waals surface area contributed by atoms with Gasteiger partial charge < -0.3 is 20.7 Å². The zero-order valence-corrected chi connectivity index (χ0v) is 22.4. The number of benzene rings is 2. The molecule has 1 aliphatic rings. The van der Waals surface area contributed by atoms with Crippen molar-refractivity contribution < 1.29 is 22.7 Å². The smallest absolute Gasteiger partial charge is 0.417 e. The van der Waals surface area contributed by atoms with Crippen molar-refractivity contribution in [3.8, 4) is 17.0 Å². The third-order valence-corrected chi connectivity index (χ3v) is 6.82. The number of hydrogen-bond acceptors (Lipinski definition) is 5. The molecule has 4 rings (SSSR count). The Morgan fingerprint density at radius 2 is 1.84 bits per heavy atom. The second-order valence-electron chi connectivity index (χ2n) is 8.92. The molecule has 0 spiro atoms. The Balaban J connectivity index is 0.00000400. The molecule has 2 heterocycles. The highest BCUT2D eigenvalue weighted by molar-refractivity contribution is 6.30. The summed E-state index contributed by atoms with van der Waals surface area (Å²) in [4.78, 5) is 21.7. The van der Waals surface area contributed by atoms with Crippen LogP contribution in [0.1, 0.15) is 41.9 Å². The second-order valence-corrected chi connectivity index (χ2v) is 9.36. The largest absolute Gasteiger partial charge is 0.493 e. The molecule has 0 aliphatic carbocycles. The van der Waals surface area contributed by atoms with Crippen molar-refractivity contribution in [1.82, 2.24) is 16.0 Å². The highest BCUT2D eigenvalue weighted by Gasteiger charge is 2.38. The van der Waals surface area contributed by atoms with E-state index >= 15 is 0 Å². The van der Waals surface area contributed by atoms with Gasteiger partial charge in [0.05, 0.1) is 34.8 Å². The van der Waals surface area contributed by atoms with Gasteiger partial charge in [-0.15, -0.1) is 0 Å². The van der Waals surface area contributed by atoms with Crippen LogP contribution in [0.25, 0.3) is 11.3 Å². The highest BCUT2D eigenvalue weighted by atomic mass is 35.5. The predicted octanol–water partition coefficient (Wildman–Crippen LogP) is 7.03. The van der Waals surface area contributed by atoms with E-state index in [1.807, 2.05) is 57.2 Å². The van der Waals surface area contributed by atoms with Gasteiger partial charge in [0.25, 0.3) is 5.91 Å². The lowest BCUT2D eigenvalue weighted by Gasteiger charge is -2.43. The Bertz CT molecular complexity index is 1290. The Kier molecular flexibility index (Phi) is 9.27. The van der Waals surface area contributed by atoms with Crippen molar-refractivity contribution in [2.24, 2.45) is 0 Å². The van der Waals surface area contributed by atoms with Crippen molar-refractivity contribution >= 4 is 23.2 Å². The Hall–Kier alpha value is -3.30. The number of nitrogens with zero attached hydrogens (tertiary/aromatic N) is 3. The van der Waals surface area contributed by atoms with Gasteiger partial charge in [0.1, 0.15) is 5.75 Å². The number of alkyl halides is 3. The van der Waals surface area contributed by atoms with E-state index in [2.05, 4.69) is 4.90 Å². The number of ether oxygens (including phenoxy) is 1. The molecule has 1 saturated heterocycles. The van der Waals surface area contributed by atoms with E-state index in [9.17, 15) is 18.0 Å². The van der Waals surface area contributed by atoms with E-state index in [0.29, 0.717) is 32.7 Å². The van der Waals surface area contributed by atoms with Gasteiger partial charge in [0.2, 0.25) is 0 Å². The quantitative estimate of drug-likeness (QED) is 0.357. The zero-order chi connectivity index (χ0) is 26.7. The Labute approximate surface area is 226 Å². The van der Waals surface area contributed by atoms with E-state index in [-0.39, 0.29) is 22.8 Å². The third-order valence-electron chi connectivity index (χ3n) is 6.59. The topological polar surface area (TPSA) is 80.7 Å². The summed E-state index contributed by atoms with van der Waals surface area (Å²) in [7, 11) is 0. The lowest BCUT2D eigenvalue weighted by molar-refractivity contribution is -0.138. The van der Waals surface area contributed by atoms with E-state index in [0.717, 1.165) is 40.5 Å². The Morgan fingerprint density at radius 3 is 2.50 bits per heavy atom. The van der Waals surface area contributed by atoms with Gasteiger partial charge in [-0.25, -0.2) is 0 Å². The molecule has 10 heteroatoms. The van der Waals surface area contributed by atoms with E-state index < -0.39 is 17.6 Å². The number of para-hydroxylation sites is 1. The molecule has 0 unspecified atom stereocenters. The Morgan fingerprint density at radius 1 is 1.11 bits per heavy atom. The number of rotatable bonds is 6. The maximum absolute atomic E-state index is 13.6. The van der Waals surface area contributed by atoms with E-state index in [1.165, 1.54) is 11.0 Å². The van der Waals surface area contributed by atoms with E-state index in [1.54, 1.807) is 0 Å². The number of amides is 1. The summed E-state index contributed by atoms with van der Waals surface area (Å²) in [6.45, 7) is 7.52. The van der Waals surface area contributed by atoms with Crippen molar-refractivity contribution in [3.05, 3.63) is 76.4 Å². The number of anilines is 1. The summed E-state index contributed by atoms with van der Waals surface area (Å²) in [5, 5.41) is -0.0598. The van der Waals surface area contributed by atoms with Crippen LogP contribution in [0, 0.1) is 6.92 Å². The van der Waals surface area contributed by atoms with Crippen LogP contribution >= 0.6 is 11.6 Å². The highest BCUT2D eigenvalue weighted by Crippen LogP contribution is 2.36. The molecule has 204 valence electrons. The molecule has 3 aromatic rings. The molecule has 1 aromatic heterocycles. The lowest BCUT2D eigenvalue weighted by atomic mass is 10.0. The van der Waals surface area contributed by atoms with Crippen LogP contribution in [0.15, 0.2) is 54.6 Å². The normalized spacial score (nSPS) is 15.7. The first-order valence-corrected chi connectivity index (χ1v) is 12.6. The van der Waals surface area contributed by atoms with Gasteiger partial charge in [-0.3, -0.25) is 9.78 Å². The van der Waals surface area contributed by atoms with Crippen LogP contribution in [-0.2, 0) is 6.18 Å². The monoisotopic (exact) mass is 548 g/mol. The van der Waals surface area contributed by atoms with Crippen molar-refractivity contribution in [2.75, 3.05) is 31.1 Å². The lowest BCUT2D eigenvalue weighted by Crippen LogP contribution is -2.55. The molecule has 38 heavy (non-hydrogen) atoms. The van der Waals surface area contributed by atoms with Crippen molar-refractivity contribution in [3.63, 3.8) is 0 Å². The minimum atomic E-state index is -4.67. The third kappa shape index (κ3) is 6.05. The first kappa shape index (κ1) is 29.3. The van der Waals surface area contributed by atoms with E-state index in [4.69, 9.17) is 21.3 Å². The molecule has 6 nitrogen and oxygen atoms in total. The summed E-state index contributed by atoms with van der Waals surface area (Å²) >= 11 is 5.79. The molecule has 1 aliphatic heterocycles. The standard InChI is InChI=1S/C28H29ClF3N3O2.H3N/c1-4-20-17-34(27(36)21-11-10-19(29)16-23(21)28(30,31)32)14-15-35(20)25-13-12-24(33-18(25)3)22-8-6-7-9-26(22)37-5-2;/h6-13,16,20H,4-5,14-15,17H2,1-3H3;1H3/t20-;/m1./s1. The molecule has 0 bridgehead atoms. The van der Waals surface area contributed by atoms with Crippen molar-refractivity contribution in [2.45, 2.75) is 39.4 Å². The number of pyridine rings is 1. The number of hydrogen-bond donors (Lipinski definition) is 1. The van der Waals surface area contributed by atoms with Gasteiger partial charge in [0, 0.05) is 36.3 Å². The number of aromatic nitrogens is 1. The summed E-state index contributed by atoms with van der Waals surface area (Å²) in [5.74, 6) is 0.128. The minimum Gasteiger partial charge on any atom is -0.493 e. The summed E-state index contributed by atoms with van der Waals surface area (Å²) in [6.07, 6.45) is -3.96. The number of carbonyl (C=O) groups is 1. The van der Waals surface area contributed by atoms with Gasteiger partial charge in [0.15, 0.2) is 0 Å². The maximum Gasteiger partial charge on any atom is 0.417 e. The molecule has 2 aromatic carbocycles. The molecule has 1 amide bonds. The van der Waals surface area contributed by atoms with Gasteiger partial charge in [-0.2, -0.15) is 13.2 Å². The fraction of sp³-hybridized carbons (Fsp3) is 0.357. The molecular formula is C28H32ClF3N4O2. The van der Waals surface area contributed by atoms with Crippen LogP contribution in [0.4, 0.5) is 18.9 Å². The number of piperazine rings is 1. The summed E-state index contributed by atoms with van der Waals surface area (Å²) < 4.78 is 46.5. The van der Waals surface area contributed by atoms with Crippen molar-refractivity contribution in [1.29, 1.82) is 0 Å². The number of aryl methyl sites for hydroxylation is 1. The molecule has 3 N–H and O–H groups in total. The number of halogens is 4. The average Bonchev–Trinajstić information content (AvgIpc) is 2.88. The SMILES string of the molecule is CCOc1ccccc1-c1ccc(N2CCN(C(=O)c3ccc(Cl)cc3C(F)(F)F)C[C@H]2CC)c(C)n1.N. The molecule has 0 radical (unpaired) electrons. The number of carbonyl (C=O) groups excluding carboxylic acids is 1. The molecule has 0 saturated carbocycles. The summed E-state index contributed by atoms with van der Waals surface area (Å²) in [5.41, 5.74) is 2.09. The second kappa shape index (κ2) is 12.0. The molecule has 1 atom stereocenters. The van der Waals surface area contributed by atoms with Crippen LogP contribution in [-0.4, -0.2) is 48.1 Å². The van der Waals surface area contributed by atoms with Gasteiger partial charge >= 0.3 is 6.18 Å². The summed E-state index contributed by atoms with van der Waals surface area (Å²) in [6, 6.07) is 14.9. The predicted molar refractivity (Wildman–Crippen MR) is 144 cm³/mol. The van der Waals surface area contributed by atoms with Gasteiger partial charge in [-0.05, 0) is 62.7 Å². The maximum atomic E-state index is 13.6. The van der Waals surface area contributed by atoms with Crippen LogP contribution < -0.4 is 15.8 Å². The van der Waals surface area contributed by atoms with Crippen LogP contribution in [0.3, 0.4) is 0 Å². The molecule has 1 fully saturated rings. The first-order chi connectivity index (χ1) is 17.6.